The fourth-order valence-corrected chi connectivity index (χ4v) is 4.33. The molecule has 0 heterocycles. The van der Waals surface area contributed by atoms with Crippen molar-refractivity contribution in [1.82, 2.24) is 4.72 Å². The molecule has 0 saturated carbocycles. The van der Waals surface area contributed by atoms with Crippen molar-refractivity contribution >= 4 is 27.3 Å². The van der Waals surface area contributed by atoms with Crippen LogP contribution < -0.4 is 14.4 Å². The molecule has 3 rings (SSSR count). The van der Waals surface area contributed by atoms with Gasteiger partial charge in [0.05, 0.1) is 17.5 Å². The molecule has 1 N–H and O–H groups in total. The number of likely N-dealkylation sites (N-methyl/N-ethyl adjacent to an activating group) is 1. The van der Waals surface area contributed by atoms with Crippen LogP contribution in [0, 0.1) is 0 Å². The van der Waals surface area contributed by atoms with Gasteiger partial charge in [0.15, 0.2) is 0 Å². The van der Waals surface area contributed by atoms with E-state index in [1.54, 1.807) is 12.1 Å². The summed E-state index contributed by atoms with van der Waals surface area (Å²) in [6.07, 6.45) is 0. The molecule has 158 valence electrons. The summed E-state index contributed by atoms with van der Waals surface area (Å²) in [7, 11) is -1.72. The molecule has 0 aliphatic carbocycles. The van der Waals surface area contributed by atoms with Gasteiger partial charge in [-0.15, -0.1) is 0 Å². The summed E-state index contributed by atoms with van der Waals surface area (Å²) in [6.45, 7) is 2.76. The van der Waals surface area contributed by atoms with Gasteiger partial charge >= 0.3 is 0 Å². The normalized spacial score (nSPS) is 12.4. The predicted molar refractivity (Wildman–Crippen MR) is 122 cm³/mol. The van der Waals surface area contributed by atoms with E-state index in [1.807, 2.05) is 68.6 Å². The first-order valence-corrected chi connectivity index (χ1v) is 11.5. The van der Waals surface area contributed by atoms with Crippen molar-refractivity contribution in [3.05, 3.63) is 89.4 Å². The lowest BCUT2D eigenvalue weighted by molar-refractivity contribution is 0.340. The highest BCUT2D eigenvalue weighted by atomic mass is 35.5. The van der Waals surface area contributed by atoms with Gasteiger partial charge in [0.25, 0.3) is 0 Å². The number of rotatable bonds is 9. The van der Waals surface area contributed by atoms with E-state index < -0.39 is 10.0 Å². The Kier molecular flexibility index (Phi) is 7.37. The van der Waals surface area contributed by atoms with E-state index in [9.17, 15) is 8.42 Å². The molecule has 0 fully saturated rings. The lowest BCUT2D eigenvalue weighted by atomic mass is 10.1. The van der Waals surface area contributed by atoms with Gasteiger partial charge in [-0.25, -0.2) is 13.1 Å². The minimum atomic E-state index is -3.67. The van der Waals surface area contributed by atoms with E-state index in [1.165, 1.54) is 12.1 Å². The van der Waals surface area contributed by atoms with Crippen molar-refractivity contribution in [2.75, 3.05) is 25.1 Å². The number of ether oxygens (including phenoxy) is 1. The smallest absolute Gasteiger partial charge is 0.240 e. The van der Waals surface area contributed by atoms with Crippen LogP contribution in [0.4, 0.5) is 5.69 Å². The molecule has 0 saturated heterocycles. The van der Waals surface area contributed by atoms with E-state index in [2.05, 4.69) is 9.62 Å². The molecule has 7 heteroatoms. The van der Waals surface area contributed by atoms with Gasteiger partial charge in [0.1, 0.15) is 5.75 Å². The SMILES string of the molecule is CCOc1ccc(N(C)[C@@H](CNS(=O)(=O)c2ccc(Cl)cc2)c2ccccc2)cc1. The number of halogens is 1. The van der Waals surface area contributed by atoms with Gasteiger partial charge in [-0.05, 0) is 61.0 Å². The molecule has 0 amide bonds. The highest BCUT2D eigenvalue weighted by Crippen LogP contribution is 2.27. The molecule has 0 bridgehead atoms. The van der Waals surface area contributed by atoms with Crippen molar-refractivity contribution in [3.8, 4) is 5.75 Å². The van der Waals surface area contributed by atoms with Crippen LogP contribution in [-0.4, -0.2) is 28.6 Å². The van der Waals surface area contributed by atoms with Crippen LogP contribution in [0.25, 0.3) is 0 Å². The van der Waals surface area contributed by atoms with Crippen LogP contribution in [0.2, 0.25) is 5.02 Å². The summed E-state index contributed by atoms with van der Waals surface area (Å²) in [6, 6.07) is 23.5. The summed E-state index contributed by atoms with van der Waals surface area (Å²) in [5, 5.41) is 0.492. The Balaban J connectivity index is 1.83. The van der Waals surface area contributed by atoms with Gasteiger partial charge in [-0.2, -0.15) is 0 Å². The molecule has 0 aromatic heterocycles. The summed E-state index contributed by atoms with van der Waals surface area (Å²) in [4.78, 5) is 2.23. The van der Waals surface area contributed by atoms with Gasteiger partial charge in [-0.3, -0.25) is 0 Å². The van der Waals surface area contributed by atoms with Gasteiger partial charge < -0.3 is 9.64 Å². The lowest BCUT2D eigenvalue weighted by Gasteiger charge is -2.31. The Labute approximate surface area is 183 Å². The van der Waals surface area contributed by atoms with Crippen molar-refractivity contribution in [1.29, 1.82) is 0 Å². The third-order valence-corrected chi connectivity index (χ3v) is 6.49. The minimum absolute atomic E-state index is 0.183. The average Bonchev–Trinajstić information content (AvgIpc) is 2.75. The maximum absolute atomic E-state index is 12.8. The van der Waals surface area contributed by atoms with Crippen LogP contribution in [0.3, 0.4) is 0 Å². The fraction of sp³-hybridized carbons (Fsp3) is 0.217. The van der Waals surface area contributed by atoms with Gasteiger partial charge in [0.2, 0.25) is 10.0 Å². The minimum Gasteiger partial charge on any atom is -0.494 e. The fourth-order valence-electron chi connectivity index (χ4n) is 3.16. The second kappa shape index (κ2) is 9.98. The Morgan fingerprint density at radius 3 is 2.20 bits per heavy atom. The molecule has 30 heavy (non-hydrogen) atoms. The molecule has 0 radical (unpaired) electrons. The summed E-state index contributed by atoms with van der Waals surface area (Å²) in [5.74, 6) is 0.800. The van der Waals surface area contributed by atoms with Crippen molar-refractivity contribution in [2.24, 2.45) is 0 Å². The number of sulfonamides is 1. The van der Waals surface area contributed by atoms with Crippen LogP contribution in [0.1, 0.15) is 18.5 Å². The molecular formula is C23H25ClN2O3S. The van der Waals surface area contributed by atoms with E-state index >= 15 is 0 Å². The highest BCUT2D eigenvalue weighted by Gasteiger charge is 2.22. The number of anilines is 1. The molecule has 3 aromatic rings. The van der Waals surface area contributed by atoms with Crippen LogP contribution >= 0.6 is 11.6 Å². The standard InChI is InChI=1S/C23H25ClN2O3S/c1-3-29-21-13-11-20(12-14-21)26(2)23(18-7-5-4-6-8-18)17-25-30(27,28)22-15-9-19(24)10-16-22/h4-16,23,25H,3,17H2,1-2H3/t23-/m0/s1. The summed E-state index contributed by atoms with van der Waals surface area (Å²) in [5.41, 5.74) is 1.96. The second-order valence-electron chi connectivity index (χ2n) is 6.77. The van der Waals surface area contributed by atoms with E-state index in [0.29, 0.717) is 11.6 Å². The number of hydrogen-bond donors (Lipinski definition) is 1. The largest absolute Gasteiger partial charge is 0.494 e. The quantitative estimate of drug-likeness (QED) is 0.510. The third-order valence-electron chi connectivity index (χ3n) is 4.80. The first-order chi connectivity index (χ1) is 14.4. The molecule has 1 atom stereocenters. The number of hydrogen-bond acceptors (Lipinski definition) is 4. The average molecular weight is 445 g/mol. The highest BCUT2D eigenvalue weighted by molar-refractivity contribution is 7.89. The molecule has 0 unspecified atom stereocenters. The van der Waals surface area contributed by atoms with E-state index in [0.717, 1.165) is 17.0 Å². The lowest BCUT2D eigenvalue weighted by Crippen LogP contribution is -2.36. The third kappa shape index (κ3) is 5.53. The molecule has 5 nitrogen and oxygen atoms in total. The zero-order valence-corrected chi connectivity index (χ0v) is 18.5. The molecule has 0 aliphatic rings. The Morgan fingerprint density at radius 1 is 0.967 bits per heavy atom. The van der Waals surface area contributed by atoms with E-state index in [-0.39, 0.29) is 17.5 Å². The second-order valence-corrected chi connectivity index (χ2v) is 8.97. The molecular weight excluding hydrogens is 420 g/mol. The summed E-state index contributed by atoms with van der Waals surface area (Å²) >= 11 is 5.88. The maximum atomic E-state index is 12.8. The molecule has 0 aliphatic heterocycles. The topological polar surface area (TPSA) is 58.6 Å². The molecule has 3 aromatic carbocycles. The van der Waals surface area contributed by atoms with Gasteiger partial charge in [0, 0.05) is 24.3 Å². The van der Waals surface area contributed by atoms with Crippen LogP contribution in [0.15, 0.2) is 83.8 Å². The molecule has 0 spiro atoms. The predicted octanol–water partition coefficient (Wildman–Crippen LogP) is 4.89. The number of nitrogens with one attached hydrogen (secondary N) is 1. The Morgan fingerprint density at radius 2 is 1.60 bits per heavy atom. The first kappa shape index (κ1) is 22.2. The number of nitrogens with zero attached hydrogens (tertiary/aromatic N) is 1. The van der Waals surface area contributed by atoms with Gasteiger partial charge in [-0.1, -0.05) is 41.9 Å². The monoisotopic (exact) mass is 444 g/mol. The summed E-state index contributed by atoms with van der Waals surface area (Å²) < 4.78 is 33.8. The van der Waals surface area contributed by atoms with Crippen molar-refractivity contribution in [2.45, 2.75) is 17.9 Å². The van der Waals surface area contributed by atoms with E-state index in [4.69, 9.17) is 16.3 Å². The van der Waals surface area contributed by atoms with Crippen molar-refractivity contribution in [3.63, 3.8) is 0 Å². The number of benzene rings is 3. The van der Waals surface area contributed by atoms with Crippen molar-refractivity contribution < 1.29 is 13.2 Å². The maximum Gasteiger partial charge on any atom is 0.240 e. The Hall–Kier alpha value is -2.54. The van der Waals surface area contributed by atoms with Crippen LogP contribution in [0.5, 0.6) is 5.75 Å². The Bertz CT molecular complexity index is 1040. The zero-order chi connectivity index (χ0) is 21.6. The zero-order valence-electron chi connectivity index (χ0n) is 17.0. The van der Waals surface area contributed by atoms with Crippen LogP contribution in [-0.2, 0) is 10.0 Å². The first-order valence-electron chi connectivity index (χ1n) is 9.66.